The monoisotopic (exact) mass is 241 g/mol. The molecule has 0 atom stereocenters. The van der Waals surface area contributed by atoms with E-state index in [4.69, 9.17) is 17.3 Å². The molecule has 1 fully saturated rings. The average Bonchev–Trinajstić information content (AvgIpc) is 2.63. The van der Waals surface area contributed by atoms with E-state index in [1.165, 1.54) is 6.07 Å². The Morgan fingerprint density at radius 2 is 1.88 bits per heavy atom. The first kappa shape index (κ1) is 11.9. The molecule has 0 aromatic heterocycles. The fourth-order valence-electron chi connectivity index (χ4n) is 2.69. The molecule has 0 bridgehead atoms. The van der Waals surface area contributed by atoms with Gasteiger partial charge in [0.25, 0.3) is 0 Å². The summed E-state index contributed by atoms with van der Waals surface area (Å²) in [6, 6.07) is 1.49. The first-order valence-electron chi connectivity index (χ1n) is 5.70. The summed E-state index contributed by atoms with van der Waals surface area (Å²) in [6.07, 6.45) is 4.00. The van der Waals surface area contributed by atoms with Crippen molar-refractivity contribution in [1.82, 2.24) is 0 Å². The van der Waals surface area contributed by atoms with Crippen molar-refractivity contribution in [2.45, 2.75) is 45.1 Å². The predicted molar refractivity (Wildman–Crippen MR) is 65.2 cm³/mol. The van der Waals surface area contributed by atoms with Gasteiger partial charge in [-0.2, -0.15) is 0 Å². The molecule has 0 heterocycles. The zero-order valence-corrected chi connectivity index (χ0v) is 10.5. The third-order valence-electron chi connectivity index (χ3n) is 3.73. The van der Waals surface area contributed by atoms with Gasteiger partial charge in [0.05, 0.1) is 5.02 Å². The Hall–Kier alpha value is -0.600. The summed E-state index contributed by atoms with van der Waals surface area (Å²) in [6.45, 7) is 3.87. The standard InChI is InChI=1S/C13H17ClFN/c1-8-7-10(15)12(14)11(9(8)2)13(16)5-3-4-6-13/h7H,3-6,16H2,1-2H3. The number of halogens is 2. The lowest BCUT2D eigenvalue weighted by atomic mass is 9.84. The second-order valence-corrected chi connectivity index (χ2v) is 5.23. The molecule has 0 spiro atoms. The first-order valence-corrected chi connectivity index (χ1v) is 6.08. The quantitative estimate of drug-likeness (QED) is 0.795. The second kappa shape index (κ2) is 4.01. The normalized spacial score (nSPS) is 19.1. The van der Waals surface area contributed by atoms with Gasteiger partial charge in [0.15, 0.2) is 0 Å². The molecule has 0 saturated heterocycles. The summed E-state index contributed by atoms with van der Waals surface area (Å²) in [5.74, 6) is -0.350. The Bertz CT molecular complexity index is 396. The van der Waals surface area contributed by atoms with Crippen molar-refractivity contribution in [3.8, 4) is 0 Å². The highest BCUT2D eigenvalue weighted by Gasteiger charge is 2.35. The second-order valence-electron chi connectivity index (χ2n) is 4.85. The van der Waals surface area contributed by atoms with E-state index >= 15 is 0 Å². The van der Waals surface area contributed by atoms with Crippen LogP contribution in [-0.4, -0.2) is 0 Å². The maximum absolute atomic E-state index is 13.7. The van der Waals surface area contributed by atoms with Crippen molar-refractivity contribution in [3.63, 3.8) is 0 Å². The summed E-state index contributed by atoms with van der Waals surface area (Å²) >= 11 is 6.09. The van der Waals surface area contributed by atoms with E-state index in [9.17, 15) is 4.39 Å². The highest BCUT2D eigenvalue weighted by atomic mass is 35.5. The summed E-state index contributed by atoms with van der Waals surface area (Å²) < 4.78 is 13.7. The van der Waals surface area contributed by atoms with E-state index in [-0.39, 0.29) is 10.8 Å². The van der Waals surface area contributed by atoms with Crippen LogP contribution in [-0.2, 0) is 5.54 Å². The molecular weight excluding hydrogens is 225 g/mol. The first-order chi connectivity index (χ1) is 7.46. The maximum atomic E-state index is 13.7. The van der Waals surface area contributed by atoms with Crippen LogP contribution >= 0.6 is 11.6 Å². The third kappa shape index (κ3) is 1.74. The lowest BCUT2D eigenvalue weighted by molar-refractivity contribution is 0.455. The minimum absolute atomic E-state index is 0.215. The minimum atomic E-state index is -0.423. The minimum Gasteiger partial charge on any atom is -0.321 e. The van der Waals surface area contributed by atoms with E-state index in [1.54, 1.807) is 0 Å². The van der Waals surface area contributed by atoms with Crippen LogP contribution in [0.4, 0.5) is 4.39 Å². The largest absolute Gasteiger partial charge is 0.321 e. The van der Waals surface area contributed by atoms with Crippen LogP contribution in [0.3, 0.4) is 0 Å². The van der Waals surface area contributed by atoms with Gasteiger partial charge in [0, 0.05) is 5.54 Å². The molecule has 2 N–H and O–H groups in total. The van der Waals surface area contributed by atoms with E-state index in [0.29, 0.717) is 0 Å². The molecule has 2 rings (SSSR count). The highest BCUT2D eigenvalue weighted by molar-refractivity contribution is 6.31. The van der Waals surface area contributed by atoms with Crippen molar-refractivity contribution in [2.24, 2.45) is 5.73 Å². The number of nitrogens with two attached hydrogens (primary N) is 1. The van der Waals surface area contributed by atoms with Crippen LogP contribution in [0.25, 0.3) is 0 Å². The van der Waals surface area contributed by atoms with Gasteiger partial charge in [0.2, 0.25) is 0 Å². The van der Waals surface area contributed by atoms with Crippen molar-refractivity contribution in [1.29, 1.82) is 0 Å². The van der Waals surface area contributed by atoms with Crippen molar-refractivity contribution in [2.75, 3.05) is 0 Å². The average molecular weight is 242 g/mol. The molecule has 0 radical (unpaired) electrons. The van der Waals surface area contributed by atoms with Gasteiger partial charge in [0.1, 0.15) is 5.82 Å². The molecule has 0 aliphatic heterocycles. The molecule has 1 aliphatic carbocycles. The van der Waals surface area contributed by atoms with Crippen molar-refractivity contribution in [3.05, 3.63) is 33.6 Å². The van der Waals surface area contributed by atoms with Gasteiger partial charge in [-0.15, -0.1) is 0 Å². The Balaban J connectivity index is 2.63. The van der Waals surface area contributed by atoms with Crippen molar-refractivity contribution < 1.29 is 4.39 Å². The zero-order valence-electron chi connectivity index (χ0n) is 9.74. The van der Waals surface area contributed by atoms with Gasteiger partial charge in [-0.3, -0.25) is 0 Å². The Morgan fingerprint density at radius 1 is 1.31 bits per heavy atom. The number of aryl methyl sites for hydroxylation is 1. The SMILES string of the molecule is Cc1cc(F)c(Cl)c(C2(N)CCCC2)c1C. The van der Waals surface area contributed by atoms with Crippen molar-refractivity contribution >= 4 is 11.6 Å². The molecule has 0 amide bonds. The predicted octanol–water partition coefficient (Wildman–Crippen LogP) is 3.82. The molecule has 16 heavy (non-hydrogen) atoms. The van der Waals surface area contributed by atoms with E-state index in [2.05, 4.69) is 0 Å². The summed E-state index contributed by atoms with van der Waals surface area (Å²) in [5.41, 5.74) is 8.73. The van der Waals surface area contributed by atoms with Crippen LogP contribution in [0.5, 0.6) is 0 Å². The molecule has 1 aliphatic rings. The fraction of sp³-hybridized carbons (Fsp3) is 0.538. The Labute approximate surface area is 101 Å². The maximum Gasteiger partial charge on any atom is 0.142 e. The third-order valence-corrected chi connectivity index (χ3v) is 4.10. The number of hydrogen-bond acceptors (Lipinski definition) is 1. The topological polar surface area (TPSA) is 26.0 Å². The Kier molecular flexibility index (Phi) is 2.97. The van der Waals surface area contributed by atoms with Gasteiger partial charge >= 0.3 is 0 Å². The van der Waals surface area contributed by atoms with Crippen LogP contribution in [0.15, 0.2) is 6.07 Å². The van der Waals surface area contributed by atoms with E-state index in [1.807, 2.05) is 13.8 Å². The highest BCUT2D eigenvalue weighted by Crippen LogP contribution is 2.42. The van der Waals surface area contributed by atoms with Crippen LogP contribution in [0, 0.1) is 19.7 Å². The number of rotatable bonds is 1. The summed E-state index contributed by atoms with van der Waals surface area (Å²) in [5, 5.41) is 0.215. The molecule has 3 heteroatoms. The summed E-state index contributed by atoms with van der Waals surface area (Å²) in [4.78, 5) is 0. The molecule has 0 unspecified atom stereocenters. The fourth-order valence-corrected chi connectivity index (χ4v) is 3.08. The summed E-state index contributed by atoms with van der Waals surface area (Å²) in [7, 11) is 0. The number of hydrogen-bond donors (Lipinski definition) is 1. The van der Waals surface area contributed by atoms with E-state index in [0.717, 1.165) is 42.4 Å². The lowest BCUT2D eigenvalue weighted by Gasteiger charge is -2.28. The van der Waals surface area contributed by atoms with Gasteiger partial charge in [-0.25, -0.2) is 4.39 Å². The molecule has 88 valence electrons. The lowest BCUT2D eigenvalue weighted by Crippen LogP contribution is -2.34. The van der Waals surface area contributed by atoms with Crippen LogP contribution in [0.1, 0.15) is 42.4 Å². The van der Waals surface area contributed by atoms with Gasteiger partial charge in [-0.1, -0.05) is 24.4 Å². The molecular formula is C13H17ClFN. The number of benzene rings is 1. The van der Waals surface area contributed by atoms with E-state index < -0.39 is 5.54 Å². The van der Waals surface area contributed by atoms with Gasteiger partial charge < -0.3 is 5.73 Å². The smallest absolute Gasteiger partial charge is 0.142 e. The van der Waals surface area contributed by atoms with Gasteiger partial charge in [-0.05, 0) is 49.4 Å². The molecule has 1 nitrogen and oxygen atoms in total. The van der Waals surface area contributed by atoms with Crippen LogP contribution in [0.2, 0.25) is 5.02 Å². The molecule has 1 aromatic carbocycles. The van der Waals surface area contributed by atoms with Crippen LogP contribution < -0.4 is 5.73 Å². The molecule has 1 saturated carbocycles. The zero-order chi connectivity index (χ0) is 11.9. The Morgan fingerprint density at radius 3 is 2.44 bits per heavy atom. The molecule has 1 aromatic rings.